The zero-order valence-corrected chi connectivity index (χ0v) is 17.8. The second kappa shape index (κ2) is 9.19. The number of nitriles is 1. The number of carbonyl (C=O) groups is 1. The van der Waals surface area contributed by atoms with Gasteiger partial charge in [-0.05, 0) is 55.0 Å². The summed E-state index contributed by atoms with van der Waals surface area (Å²) in [5.74, 6) is 1.86. The first-order valence-corrected chi connectivity index (χ1v) is 11.3. The normalized spacial score (nSPS) is 15.3. The lowest BCUT2D eigenvalue weighted by atomic mass is 9.88. The Morgan fingerprint density at radius 3 is 2.87 bits per heavy atom. The minimum absolute atomic E-state index is 0.0254. The van der Waals surface area contributed by atoms with E-state index in [1.165, 1.54) is 11.1 Å². The van der Waals surface area contributed by atoms with Gasteiger partial charge >= 0.3 is 0 Å². The minimum Gasteiger partial charge on any atom is -0.310 e. The molecule has 0 saturated heterocycles. The maximum absolute atomic E-state index is 12.6. The molecule has 0 fully saturated rings. The van der Waals surface area contributed by atoms with E-state index in [2.05, 4.69) is 40.8 Å². The molecule has 0 aliphatic heterocycles. The zero-order valence-electron chi connectivity index (χ0n) is 17.0. The highest BCUT2D eigenvalue weighted by Crippen LogP contribution is 2.35. The van der Waals surface area contributed by atoms with Gasteiger partial charge in [-0.15, -0.1) is 11.8 Å². The topological polar surface area (TPSA) is 70.7 Å². The summed E-state index contributed by atoms with van der Waals surface area (Å²) in [4.78, 5) is 12.6. The molecule has 2 aromatic carbocycles. The van der Waals surface area contributed by atoms with Crippen LogP contribution in [0, 0.1) is 18.3 Å². The standard InChI is InChI=1S/C24H24N4OS/c1-17-14-26-28(22-8-4-6-20-5-2-3-7-21(20)22)24(17)27-23(29)16-30-15-19-11-9-18(13-25)10-12-19/h2-3,5,7,9-12,14,22H,4,6,8,15-16H2,1H3,(H,27,29). The smallest absolute Gasteiger partial charge is 0.235 e. The number of nitrogens with zero attached hydrogens (tertiary/aromatic N) is 3. The third kappa shape index (κ3) is 4.42. The van der Waals surface area contributed by atoms with Gasteiger partial charge in [-0.1, -0.05) is 36.4 Å². The van der Waals surface area contributed by atoms with E-state index in [9.17, 15) is 4.79 Å². The van der Waals surface area contributed by atoms with Crippen molar-refractivity contribution in [2.45, 2.75) is 38.0 Å². The molecule has 1 aliphatic rings. The number of aryl methyl sites for hydroxylation is 2. The highest BCUT2D eigenvalue weighted by molar-refractivity contribution is 7.99. The first-order valence-electron chi connectivity index (χ1n) is 10.1. The summed E-state index contributed by atoms with van der Waals surface area (Å²) in [6.45, 7) is 1.98. The van der Waals surface area contributed by atoms with Gasteiger partial charge in [-0.25, -0.2) is 4.68 Å². The molecule has 1 aromatic heterocycles. The molecule has 1 amide bonds. The van der Waals surface area contributed by atoms with Crippen molar-refractivity contribution in [3.63, 3.8) is 0 Å². The van der Waals surface area contributed by atoms with E-state index in [4.69, 9.17) is 5.26 Å². The summed E-state index contributed by atoms with van der Waals surface area (Å²) in [7, 11) is 0. The van der Waals surface area contributed by atoms with E-state index >= 15 is 0 Å². The third-order valence-corrected chi connectivity index (χ3v) is 6.46. The molecule has 152 valence electrons. The van der Waals surface area contributed by atoms with Crippen molar-refractivity contribution in [2.24, 2.45) is 0 Å². The molecule has 3 aromatic rings. The molecule has 0 spiro atoms. The number of fused-ring (bicyclic) bond motifs is 1. The summed E-state index contributed by atoms with van der Waals surface area (Å²) >= 11 is 1.56. The Labute approximate surface area is 181 Å². The van der Waals surface area contributed by atoms with Crippen LogP contribution in [-0.2, 0) is 17.0 Å². The molecule has 1 aliphatic carbocycles. The average Bonchev–Trinajstić information content (AvgIpc) is 3.13. The van der Waals surface area contributed by atoms with Gasteiger partial charge in [0.25, 0.3) is 0 Å². The number of anilines is 1. The fraction of sp³-hybridized carbons (Fsp3) is 0.292. The number of benzene rings is 2. The van der Waals surface area contributed by atoms with Crippen molar-refractivity contribution < 1.29 is 4.79 Å². The summed E-state index contributed by atoms with van der Waals surface area (Å²) in [6.07, 6.45) is 5.07. The van der Waals surface area contributed by atoms with E-state index in [-0.39, 0.29) is 11.9 Å². The van der Waals surface area contributed by atoms with Crippen LogP contribution < -0.4 is 5.32 Å². The number of amides is 1. The SMILES string of the molecule is Cc1cnn(C2CCCc3ccccc32)c1NC(=O)CSCc1ccc(C#N)cc1. The Kier molecular flexibility index (Phi) is 6.20. The molecule has 5 nitrogen and oxygen atoms in total. The van der Waals surface area contributed by atoms with Gasteiger partial charge in [-0.2, -0.15) is 10.4 Å². The van der Waals surface area contributed by atoms with Gasteiger partial charge in [0.2, 0.25) is 5.91 Å². The first-order chi connectivity index (χ1) is 14.7. The number of aromatic nitrogens is 2. The fourth-order valence-electron chi connectivity index (χ4n) is 3.93. The van der Waals surface area contributed by atoms with E-state index in [0.29, 0.717) is 11.3 Å². The molecule has 4 rings (SSSR count). The van der Waals surface area contributed by atoms with Crippen LogP contribution in [0.5, 0.6) is 0 Å². The molecular formula is C24H24N4OS. The van der Waals surface area contributed by atoms with Crippen LogP contribution in [0.15, 0.2) is 54.7 Å². The monoisotopic (exact) mass is 416 g/mol. The highest BCUT2D eigenvalue weighted by atomic mass is 32.2. The van der Waals surface area contributed by atoms with Crippen LogP contribution in [-0.4, -0.2) is 21.4 Å². The van der Waals surface area contributed by atoms with Crippen molar-refractivity contribution in [3.8, 4) is 6.07 Å². The third-order valence-electron chi connectivity index (χ3n) is 5.45. The molecular weight excluding hydrogens is 392 g/mol. The zero-order chi connectivity index (χ0) is 20.9. The molecule has 0 bridgehead atoms. The van der Waals surface area contributed by atoms with Gasteiger partial charge in [0.15, 0.2) is 0 Å². The minimum atomic E-state index is -0.0254. The van der Waals surface area contributed by atoms with Crippen molar-refractivity contribution in [3.05, 3.63) is 82.5 Å². The van der Waals surface area contributed by atoms with Crippen molar-refractivity contribution >= 4 is 23.5 Å². The van der Waals surface area contributed by atoms with Crippen LogP contribution >= 0.6 is 11.8 Å². The van der Waals surface area contributed by atoms with Crippen LogP contribution in [0.1, 0.15) is 46.7 Å². The predicted molar refractivity (Wildman–Crippen MR) is 120 cm³/mol. The van der Waals surface area contributed by atoms with E-state index in [1.54, 1.807) is 23.9 Å². The van der Waals surface area contributed by atoms with Crippen LogP contribution in [0.3, 0.4) is 0 Å². The average molecular weight is 417 g/mol. The molecule has 0 radical (unpaired) electrons. The van der Waals surface area contributed by atoms with Gasteiger partial charge in [0, 0.05) is 11.3 Å². The molecule has 1 atom stereocenters. The summed E-state index contributed by atoms with van der Waals surface area (Å²) in [5, 5.41) is 16.6. The van der Waals surface area contributed by atoms with Crippen LogP contribution in [0.4, 0.5) is 5.82 Å². The number of nitrogens with one attached hydrogen (secondary N) is 1. The maximum atomic E-state index is 12.6. The summed E-state index contributed by atoms with van der Waals surface area (Å²) in [6, 6.07) is 18.3. The predicted octanol–water partition coefficient (Wildman–Crippen LogP) is 4.86. The lowest BCUT2D eigenvalue weighted by Crippen LogP contribution is -2.23. The number of hydrogen-bond acceptors (Lipinski definition) is 4. The Morgan fingerprint density at radius 1 is 1.27 bits per heavy atom. The fourth-order valence-corrected chi connectivity index (χ4v) is 4.72. The van der Waals surface area contributed by atoms with E-state index in [0.717, 1.165) is 42.0 Å². The molecule has 1 unspecified atom stereocenters. The Hall–Kier alpha value is -3.04. The number of thioether (sulfide) groups is 1. The lowest BCUT2D eigenvalue weighted by Gasteiger charge is -2.27. The molecule has 30 heavy (non-hydrogen) atoms. The maximum Gasteiger partial charge on any atom is 0.235 e. The highest BCUT2D eigenvalue weighted by Gasteiger charge is 2.25. The van der Waals surface area contributed by atoms with Gasteiger partial charge in [0.1, 0.15) is 5.82 Å². The molecule has 0 saturated carbocycles. The van der Waals surface area contributed by atoms with E-state index < -0.39 is 0 Å². The van der Waals surface area contributed by atoms with Gasteiger partial charge in [0.05, 0.1) is 29.6 Å². The van der Waals surface area contributed by atoms with Crippen molar-refractivity contribution in [2.75, 3.05) is 11.1 Å². The largest absolute Gasteiger partial charge is 0.310 e. The van der Waals surface area contributed by atoms with Crippen LogP contribution in [0.25, 0.3) is 0 Å². The van der Waals surface area contributed by atoms with Crippen molar-refractivity contribution in [1.82, 2.24) is 9.78 Å². The quantitative estimate of drug-likeness (QED) is 0.623. The Bertz CT molecular complexity index is 1080. The van der Waals surface area contributed by atoms with Crippen molar-refractivity contribution in [1.29, 1.82) is 5.26 Å². The summed E-state index contributed by atoms with van der Waals surface area (Å²) < 4.78 is 1.98. The first kappa shape index (κ1) is 20.2. The number of hydrogen-bond donors (Lipinski definition) is 1. The van der Waals surface area contributed by atoms with E-state index in [1.807, 2.05) is 29.9 Å². The molecule has 1 heterocycles. The summed E-state index contributed by atoms with van der Waals surface area (Å²) in [5.41, 5.74) is 5.40. The lowest BCUT2D eigenvalue weighted by molar-refractivity contribution is -0.113. The van der Waals surface area contributed by atoms with Gasteiger partial charge < -0.3 is 5.32 Å². The van der Waals surface area contributed by atoms with Gasteiger partial charge in [-0.3, -0.25) is 4.79 Å². The second-order valence-corrected chi connectivity index (χ2v) is 8.56. The Morgan fingerprint density at radius 2 is 2.07 bits per heavy atom. The Balaban J connectivity index is 1.41. The number of carbonyl (C=O) groups excluding carboxylic acids is 1. The molecule has 6 heteroatoms. The number of rotatable bonds is 6. The van der Waals surface area contributed by atoms with Crippen LogP contribution in [0.2, 0.25) is 0 Å². The molecule has 1 N–H and O–H groups in total. The second-order valence-electron chi connectivity index (χ2n) is 7.58.